The lowest BCUT2D eigenvalue weighted by molar-refractivity contribution is -0.137. The van der Waals surface area contributed by atoms with Crippen molar-refractivity contribution >= 4 is 5.91 Å². The number of aromatic nitrogens is 3. The largest absolute Gasteiger partial charge is 0.472 e. The molecule has 0 aromatic carbocycles. The van der Waals surface area contributed by atoms with E-state index in [1.54, 1.807) is 35.1 Å². The van der Waals surface area contributed by atoms with Crippen molar-refractivity contribution in [2.75, 3.05) is 20.1 Å². The van der Waals surface area contributed by atoms with Gasteiger partial charge in [0.1, 0.15) is 11.9 Å². The maximum absolute atomic E-state index is 13.6. The van der Waals surface area contributed by atoms with Gasteiger partial charge >= 0.3 is 0 Å². The lowest BCUT2D eigenvalue weighted by Crippen LogP contribution is -2.53. The lowest BCUT2D eigenvalue weighted by atomic mass is 9.78. The summed E-state index contributed by atoms with van der Waals surface area (Å²) in [6, 6.07) is 6.73. The van der Waals surface area contributed by atoms with Gasteiger partial charge in [-0.3, -0.25) is 19.1 Å². The molecule has 1 saturated heterocycles. The van der Waals surface area contributed by atoms with Gasteiger partial charge in [0.25, 0.3) is 5.56 Å². The maximum atomic E-state index is 13.6. The smallest absolute Gasteiger partial charge is 0.251 e. The first-order valence-corrected chi connectivity index (χ1v) is 10.7. The highest BCUT2D eigenvalue weighted by atomic mass is 16.3. The van der Waals surface area contributed by atoms with E-state index in [1.807, 2.05) is 42.2 Å². The Balaban J connectivity index is 1.46. The molecule has 0 aliphatic carbocycles. The highest BCUT2D eigenvalue weighted by Crippen LogP contribution is 2.42. The zero-order valence-corrected chi connectivity index (χ0v) is 17.8. The summed E-state index contributed by atoms with van der Waals surface area (Å²) in [5.41, 5.74) is 1.80. The van der Waals surface area contributed by atoms with Crippen molar-refractivity contribution in [3.8, 4) is 0 Å². The Morgan fingerprint density at radius 2 is 2.16 bits per heavy atom. The molecule has 1 amide bonds. The molecule has 0 spiro atoms. The molecule has 1 fully saturated rings. The molecule has 3 atom stereocenters. The first kappa shape index (κ1) is 19.8. The molecule has 31 heavy (non-hydrogen) atoms. The van der Waals surface area contributed by atoms with Crippen molar-refractivity contribution in [1.29, 1.82) is 0 Å². The Hall–Kier alpha value is -3.13. The third-order valence-electron chi connectivity index (χ3n) is 6.64. The van der Waals surface area contributed by atoms with Crippen molar-refractivity contribution in [2.45, 2.75) is 31.5 Å². The van der Waals surface area contributed by atoms with Crippen molar-refractivity contribution in [1.82, 2.24) is 23.9 Å². The number of rotatable bonds is 5. The van der Waals surface area contributed by atoms with E-state index in [4.69, 9.17) is 4.42 Å². The molecule has 5 heterocycles. The summed E-state index contributed by atoms with van der Waals surface area (Å²) in [6.45, 7) is 2.81. The predicted octanol–water partition coefficient (Wildman–Crippen LogP) is 1.99. The molecule has 8 heteroatoms. The number of fused-ring (bicyclic) bond motifs is 4. The Morgan fingerprint density at radius 3 is 2.90 bits per heavy atom. The minimum atomic E-state index is -0.499. The zero-order valence-electron chi connectivity index (χ0n) is 17.8. The molecule has 8 nitrogen and oxygen atoms in total. The van der Waals surface area contributed by atoms with Crippen LogP contribution in [-0.4, -0.2) is 50.0 Å². The molecule has 2 aliphatic heterocycles. The summed E-state index contributed by atoms with van der Waals surface area (Å²) >= 11 is 0. The number of likely N-dealkylation sites (N-methyl/N-ethyl adjacent to an activating group) is 1. The standard InChI is InChI=1S/C23H27N5O3/c1-25-8-7-24-20(25)14-27-12-17-10-18(13-27)22(28-19(17)4-3-5-21(28)29)23(30)26(2)11-16-6-9-31-15-16/h3-9,15,17-18,22H,10-14H2,1-2H3/t17-,18+,22-/m1/s1. The molecule has 0 unspecified atom stereocenters. The first-order chi connectivity index (χ1) is 15.0. The second kappa shape index (κ2) is 7.85. The van der Waals surface area contributed by atoms with Crippen LogP contribution < -0.4 is 5.56 Å². The zero-order chi connectivity index (χ0) is 21.5. The number of imidazole rings is 1. The first-order valence-electron chi connectivity index (χ1n) is 10.7. The number of likely N-dealkylation sites (tertiary alicyclic amines) is 1. The van der Waals surface area contributed by atoms with Gasteiger partial charge in [-0.05, 0) is 18.6 Å². The van der Waals surface area contributed by atoms with Crippen molar-refractivity contribution in [2.24, 2.45) is 13.0 Å². The average molecular weight is 422 g/mol. The Labute approximate surface area is 180 Å². The van der Waals surface area contributed by atoms with E-state index < -0.39 is 6.04 Å². The summed E-state index contributed by atoms with van der Waals surface area (Å²) in [5, 5.41) is 0. The molecule has 3 aromatic rings. The SMILES string of the molecule is CN(Cc1ccoc1)C(=O)[C@H]1[C@H]2C[C@H](CN(Cc3nccn3C)C2)c2cccc(=O)n21. The Kier molecular flexibility index (Phi) is 5.02. The summed E-state index contributed by atoms with van der Waals surface area (Å²) in [6.07, 6.45) is 7.93. The second-order valence-electron chi connectivity index (χ2n) is 8.77. The quantitative estimate of drug-likeness (QED) is 0.630. The van der Waals surface area contributed by atoms with E-state index in [-0.39, 0.29) is 23.3 Å². The van der Waals surface area contributed by atoms with Crippen LogP contribution in [0.25, 0.3) is 0 Å². The summed E-state index contributed by atoms with van der Waals surface area (Å²) in [7, 11) is 3.79. The molecule has 162 valence electrons. The van der Waals surface area contributed by atoms with E-state index in [0.29, 0.717) is 6.54 Å². The van der Waals surface area contributed by atoms with Crippen LogP contribution in [0.2, 0.25) is 0 Å². The van der Waals surface area contributed by atoms with Crippen LogP contribution >= 0.6 is 0 Å². The fraction of sp³-hybridized carbons (Fsp3) is 0.435. The minimum Gasteiger partial charge on any atom is -0.472 e. The molecule has 2 bridgehead atoms. The fourth-order valence-corrected chi connectivity index (χ4v) is 5.18. The van der Waals surface area contributed by atoms with Gasteiger partial charge in [0.05, 0.1) is 19.1 Å². The molecule has 0 saturated carbocycles. The van der Waals surface area contributed by atoms with E-state index >= 15 is 0 Å². The van der Waals surface area contributed by atoms with Gasteiger partial charge < -0.3 is 13.9 Å². The van der Waals surface area contributed by atoms with E-state index in [9.17, 15) is 9.59 Å². The highest BCUT2D eigenvalue weighted by Gasteiger charge is 2.44. The number of nitrogens with zero attached hydrogens (tertiary/aromatic N) is 5. The second-order valence-corrected chi connectivity index (χ2v) is 8.77. The van der Waals surface area contributed by atoms with E-state index in [0.717, 1.165) is 43.1 Å². The number of piperidine rings is 1. The van der Waals surface area contributed by atoms with Crippen LogP contribution in [0, 0.1) is 5.92 Å². The number of hydrogen-bond acceptors (Lipinski definition) is 5. The number of aryl methyl sites for hydroxylation is 1. The van der Waals surface area contributed by atoms with E-state index in [1.165, 1.54) is 0 Å². The molecule has 5 rings (SSSR count). The van der Waals surface area contributed by atoms with Gasteiger partial charge in [0.15, 0.2) is 0 Å². The summed E-state index contributed by atoms with van der Waals surface area (Å²) in [4.78, 5) is 35.0. The fourth-order valence-electron chi connectivity index (χ4n) is 5.18. The van der Waals surface area contributed by atoms with Gasteiger partial charge in [0.2, 0.25) is 5.91 Å². The number of furan rings is 1. The molecular formula is C23H27N5O3. The van der Waals surface area contributed by atoms with Gasteiger partial charge in [-0.1, -0.05) is 6.07 Å². The van der Waals surface area contributed by atoms with Crippen LogP contribution in [0.1, 0.15) is 35.5 Å². The van der Waals surface area contributed by atoms with Gasteiger partial charge in [0, 0.05) is 75.3 Å². The predicted molar refractivity (Wildman–Crippen MR) is 114 cm³/mol. The Bertz CT molecular complexity index is 1130. The van der Waals surface area contributed by atoms with Crippen LogP contribution in [0.5, 0.6) is 0 Å². The number of carbonyl (C=O) groups excluding carboxylic acids is 1. The lowest BCUT2D eigenvalue weighted by Gasteiger charge is -2.46. The number of amides is 1. The van der Waals surface area contributed by atoms with E-state index in [2.05, 4.69) is 9.88 Å². The third-order valence-corrected chi connectivity index (χ3v) is 6.64. The average Bonchev–Trinajstić information content (AvgIpc) is 3.40. The third kappa shape index (κ3) is 3.61. The minimum absolute atomic E-state index is 0.0296. The van der Waals surface area contributed by atoms with Gasteiger partial charge in [-0.15, -0.1) is 0 Å². The van der Waals surface area contributed by atoms with Crippen molar-refractivity contribution in [3.05, 3.63) is 76.6 Å². The van der Waals surface area contributed by atoms with Crippen LogP contribution in [-0.2, 0) is 24.9 Å². The molecule has 3 aromatic heterocycles. The molecule has 0 N–H and O–H groups in total. The maximum Gasteiger partial charge on any atom is 0.251 e. The summed E-state index contributed by atoms with van der Waals surface area (Å²) in [5.74, 6) is 1.28. The summed E-state index contributed by atoms with van der Waals surface area (Å²) < 4.78 is 8.93. The highest BCUT2D eigenvalue weighted by molar-refractivity contribution is 5.81. The number of hydrogen-bond donors (Lipinski definition) is 0. The van der Waals surface area contributed by atoms with Gasteiger partial charge in [-0.2, -0.15) is 0 Å². The molecule has 2 aliphatic rings. The van der Waals surface area contributed by atoms with Crippen molar-refractivity contribution in [3.63, 3.8) is 0 Å². The van der Waals surface area contributed by atoms with Crippen LogP contribution in [0.4, 0.5) is 0 Å². The number of pyridine rings is 1. The van der Waals surface area contributed by atoms with Gasteiger partial charge in [-0.25, -0.2) is 4.98 Å². The van der Waals surface area contributed by atoms with Crippen molar-refractivity contribution < 1.29 is 9.21 Å². The Morgan fingerprint density at radius 1 is 1.29 bits per heavy atom. The number of carbonyl (C=O) groups is 1. The molecular weight excluding hydrogens is 394 g/mol. The van der Waals surface area contributed by atoms with Crippen LogP contribution in [0.15, 0.2) is 58.4 Å². The molecule has 0 radical (unpaired) electrons. The monoisotopic (exact) mass is 421 g/mol. The van der Waals surface area contributed by atoms with Crippen LogP contribution in [0.3, 0.4) is 0 Å². The normalized spacial score (nSPS) is 22.8. The topological polar surface area (TPSA) is 76.5 Å².